The maximum atomic E-state index is 12.3. The van der Waals surface area contributed by atoms with Gasteiger partial charge in [0.1, 0.15) is 12.2 Å². The van der Waals surface area contributed by atoms with E-state index in [9.17, 15) is 18.3 Å². The number of fused-ring (bicyclic) bond motifs is 1. The topological polar surface area (TPSA) is 118 Å². The number of carbonyl (C=O) groups excluding carboxylic acids is 1. The van der Waals surface area contributed by atoms with E-state index in [0.717, 1.165) is 12.7 Å². The highest BCUT2D eigenvalue weighted by atomic mass is 32.2. The molecule has 2 fully saturated rings. The van der Waals surface area contributed by atoms with Crippen LogP contribution in [0.3, 0.4) is 0 Å². The first kappa shape index (κ1) is 20.2. The highest BCUT2D eigenvalue weighted by molar-refractivity contribution is 7.86. The second kappa shape index (κ2) is 6.80. The molecular formula is C17H22O9S. The molecule has 9 nitrogen and oxygen atoms in total. The van der Waals surface area contributed by atoms with Gasteiger partial charge < -0.3 is 24.1 Å². The van der Waals surface area contributed by atoms with E-state index in [1.807, 2.05) is 6.92 Å². The van der Waals surface area contributed by atoms with Crippen molar-refractivity contribution in [2.75, 3.05) is 13.7 Å². The molecule has 0 amide bonds. The molecule has 0 spiro atoms. The highest BCUT2D eigenvalue weighted by Gasteiger charge is 2.71. The Morgan fingerprint density at radius 2 is 1.89 bits per heavy atom. The van der Waals surface area contributed by atoms with E-state index in [-0.39, 0.29) is 4.90 Å². The number of aliphatic hydroxyl groups is 1. The Morgan fingerprint density at radius 3 is 2.48 bits per heavy atom. The first-order valence-electron chi connectivity index (χ1n) is 8.28. The van der Waals surface area contributed by atoms with E-state index in [2.05, 4.69) is 0 Å². The largest absolute Gasteiger partial charge is 0.467 e. The fourth-order valence-electron chi connectivity index (χ4n) is 3.14. The van der Waals surface area contributed by atoms with Gasteiger partial charge in [0.05, 0.1) is 18.6 Å². The standard InChI is InChI=1S/C17H22O9S/c1-10-5-7-11(8-6-10)27(20,21)23-9-12-13(18)17(14(19)22-4)15(24-12)25-16(2,3)26-17/h5-8,12-13,15,18H,9H2,1-4H3. The van der Waals surface area contributed by atoms with Crippen LogP contribution in [0.1, 0.15) is 19.4 Å². The summed E-state index contributed by atoms with van der Waals surface area (Å²) in [6.07, 6.45) is -3.99. The summed E-state index contributed by atoms with van der Waals surface area (Å²) >= 11 is 0. The van der Waals surface area contributed by atoms with Crippen molar-refractivity contribution in [2.24, 2.45) is 0 Å². The average molecular weight is 402 g/mol. The number of rotatable bonds is 5. The molecule has 3 rings (SSSR count). The maximum Gasteiger partial charge on any atom is 0.346 e. The smallest absolute Gasteiger partial charge is 0.346 e. The van der Waals surface area contributed by atoms with Crippen LogP contribution >= 0.6 is 0 Å². The Hall–Kier alpha value is -1.56. The van der Waals surface area contributed by atoms with Crippen LogP contribution < -0.4 is 0 Å². The monoisotopic (exact) mass is 402 g/mol. The fraction of sp³-hybridized carbons (Fsp3) is 0.588. The predicted octanol–water partition coefficient (Wildman–Crippen LogP) is 0.481. The number of aliphatic hydroxyl groups excluding tert-OH is 1. The quantitative estimate of drug-likeness (QED) is 0.554. The zero-order valence-electron chi connectivity index (χ0n) is 15.4. The fourth-order valence-corrected chi connectivity index (χ4v) is 4.06. The van der Waals surface area contributed by atoms with Crippen LogP contribution in [0.5, 0.6) is 0 Å². The van der Waals surface area contributed by atoms with Gasteiger partial charge in [0.15, 0.2) is 5.79 Å². The summed E-state index contributed by atoms with van der Waals surface area (Å²) in [5.41, 5.74) is -1.02. The predicted molar refractivity (Wildman–Crippen MR) is 90.0 cm³/mol. The summed E-state index contributed by atoms with van der Waals surface area (Å²) in [5, 5.41) is 10.6. The molecule has 1 aromatic rings. The number of esters is 1. The normalized spacial score (nSPS) is 32.3. The third-order valence-electron chi connectivity index (χ3n) is 4.45. The van der Waals surface area contributed by atoms with E-state index >= 15 is 0 Å². The van der Waals surface area contributed by atoms with E-state index in [1.165, 1.54) is 12.1 Å². The second-order valence-electron chi connectivity index (χ2n) is 6.91. The van der Waals surface area contributed by atoms with Crippen LogP contribution in [-0.2, 0) is 38.0 Å². The minimum Gasteiger partial charge on any atom is -0.467 e. The lowest BCUT2D eigenvalue weighted by Crippen LogP contribution is -2.55. The van der Waals surface area contributed by atoms with Gasteiger partial charge >= 0.3 is 5.97 Å². The lowest BCUT2D eigenvalue weighted by Gasteiger charge is -2.28. The van der Waals surface area contributed by atoms with Crippen LogP contribution in [0.25, 0.3) is 0 Å². The molecule has 1 N–H and O–H groups in total. The third-order valence-corrected chi connectivity index (χ3v) is 5.74. The first-order chi connectivity index (χ1) is 12.5. The Bertz CT molecular complexity index is 817. The van der Waals surface area contributed by atoms with Crippen LogP contribution in [0.2, 0.25) is 0 Å². The maximum absolute atomic E-state index is 12.3. The molecule has 2 aliphatic rings. The Kier molecular flexibility index (Phi) is 5.08. The van der Waals surface area contributed by atoms with E-state index in [1.54, 1.807) is 26.0 Å². The van der Waals surface area contributed by atoms with Crippen molar-refractivity contribution in [3.8, 4) is 0 Å². The van der Waals surface area contributed by atoms with Gasteiger partial charge in [-0.25, -0.2) is 4.79 Å². The molecule has 4 atom stereocenters. The minimum atomic E-state index is -4.07. The number of aryl methyl sites for hydroxylation is 1. The van der Waals surface area contributed by atoms with E-state index in [0.29, 0.717) is 0 Å². The van der Waals surface area contributed by atoms with Crippen LogP contribution in [-0.4, -0.2) is 63.1 Å². The number of hydrogen-bond donors (Lipinski definition) is 1. The van der Waals surface area contributed by atoms with Crippen LogP contribution in [0.4, 0.5) is 0 Å². The number of benzene rings is 1. The Labute approximate surface area is 157 Å². The summed E-state index contributed by atoms with van der Waals surface area (Å²) in [6, 6.07) is 6.10. The zero-order chi connectivity index (χ0) is 20.0. The molecule has 0 radical (unpaired) electrons. The SMILES string of the molecule is COC(=O)C12OC(C)(C)OC1OC(COS(=O)(=O)c1ccc(C)cc1)C2O. The number of hydrogen-bond acceptors (Lipinski definition) is 9. The molecule has 27 heavy (non-hydrogen) atoms. The van der Waals surface area contributed by atoms with Gasteiger partial charge in [-0.15, -0.1) is 0 Å². The number of methoxy groups -OCH3 is 1. The third kappa shape index (κ3) is 3.48. The summed E-state index contributed by atoms with van der Waals surface area (Å²) < 4.78 is 51.0. The molecule has 150 valence electrons. The van der Waals surface area contributed by atoms with Crippen molar-refractivity contribution in [2.45, 2.75) is 55.6 Å². The van der Waals surface area contributed by atoms with Gasteiger partial charge in [-0.2, -0.15) is 8.42 Å². The van der Waals surface area contributed by atoms with Gasteiger partial charge in [0.2, 0.25) is 11.9 Å². The summed E-state index contributed by atoms with van der Waals surface area (Å²) in [7, 11) is -2.93. The Morgan fingerprint density at radius 1 is 1.26 bits per heavy atom. The molecule has 2 saturated heterocycles. The molecule has 0 aliphatic carbocycles. The van der Waals surface area contributed by atoms with Crippen molar-refractivity contribution in [1.82, 2.24) is 0 Å². The van der Waals surface area contributed by atoms with Gasteiger partial charge in [-0.1, -0.05) is 17.7 Å². The molecule has 0 bridgehead atoms. The van der Waals surface area contributed by atoms with Crippen molar-refractivity contribution < 1.29 is 41.4 Å². The van der Waals surface area contributed by atoms with Crippen molar-refractivity contribution in [3.63, 3.8) is 0 Å². The van der Waals surface area contributed by atoms with Crippen LogP contribution in [0.15, 0.2) is 29.2 Å². The molecule has 2 heterocycles. The van der Waals surface area contributed by atoms with Crippen molar-refractivity contribution in [3.05, 3.63) is 29.8 Å². The number of carbonyl (C=O) groups is 1. The first-order valence-corrected chi connectivity index (χ1v) is 9.69. The summed E-state index contributed by atoms with van der Waals surface area (Å²) in [5.74, 6) is -2.07. The molecule has 10 heteroatoms. The van der Waals surface area contributed by atoms with Crippen LogP contribution in [0, 0.1) is 6.92 Å². The molecule has 2 aliphatic heterocycles. The van der Waals surface area contributed by atoms with Gasteiger partial charge in [-0.05, 0) is 32.9 Å². The average Bonchev–Trinajstić information content (AvgIpc) is 3.01. The molecule has 1 aromatic carbocycles. The highest BCUT2D eigenvalue weighted by Crippen LogP contribution is 2.46. The van der Waals surface area contributed by atoms with E-state index < -0.39 is 52.6 Å². The van der Waals surface area contributed by atoms with Crippen molar-refractivity contribution >= 4 is 16.1 Å². The summed E-state index contributed by atoms with van der Waals surface area (Å²) in [6.45, 7) is 4.41. The second-order valence-corrected chi connectivity index (χ2v) is 8.52. The number of ether oxygens (including phenoxy) is 4. The van der Waals surface area contributed by atoms with Gasteiger partial charge in [-0.3, -0.25) is 4.18 Å². The van der Waals surface area contributed by atoms with E-state index in [4.69, 9.17) is 23.1 Å². The zero-order valence-corrected chi connectivity index (χ0v) is 16.2. The lowest BCUT2D eigenvalue weighted by molar-refractivity contribution is -0.225. The van der Waals surface area contributed by atoms with Crippen molar-refractivity contribution in [1.29, 1.82) is 0 Å². The molecular weight excluding hydrogens is 380 g/mol. The molecule has 0 saturated carbocycles. The lowest BCUT2D eigenvalue weighted by atomic mass is 9.95. The molecule has 4 unspecified atom stereocenters. The Balaban J connectivity index is 1.76. The minimum absolute atomic E-state index is 0.0305. The van der Waals surface area contributed by atoms with Gasteiger partial charge in [0, 0.05) is 0 Å². The molecule has 0 aromatic heterocycles. The summed E-state index contributed by atoms with van der Waals surface area (Å²) in [4.78, 5) is 12.3. The van der Waals surface area contributed by atoms with Gasteiger partial charge in [0.25, 0.3) is 10.1 Å².